The quantitative estimate of drug-likeness (QED) is 0.220. The molecule has 0 aromatic rings. The molecular weight excluding hydrogens is 380 g/mol. The van der Waals surface area contributed by atoms with Gasteiger partial charge in [0.15, 0.2) is 6.29 Å². The number of esters is 1. The highest BCUT2D eigenvalue weighted by Gasteiger charge is 2.13. The van der Waals surface area contributed by atoms with Crippen LogP contribution >= 0.6 is 0 Å². The Labute approximate surface area is 175 Å². The fourth-order valence-corrected chi connectivity index (χ4v) is 2.65. The lowest BCUT2D eigenvalue weighted by molar-refractivity contribution is -0.169. The van der Waals surface area contributed by atoms with Crippen molar-refractivity contribution in [3.8, 4) is 0 Å². The van der Waals surface area contributed by atoms with Gasteiger partial charge in [0.05, 0.1) is 59.5 Å². The van der Waals surface area contributed by atoms with E-state index in [2.05, 4.69) is 6.92 Å². The second kappa shape index (κ2) is 20.5. The van der Waals surface area contributed by atoms with Gasteiger partial charge in [-0.05, 0) is 25.7 Å². The van der Waals surface area contributed by atoms with Crippen molar-refractivity contribution in [2.45, 2.75) is 58.2 Å². The molecule has 8 heteroatoms. The molecule has 1 saturated heterocycles. The van der Waals surface area contributed by atoms with Crippen molar-refractivity contribution < 1.29 is 38.0 Å². The van der Waals surface area contributed by atoms with E-state index in [1.165, 1.54) is 6.42 Å². The monoisotopic (exact) mass is 420 g/mol. The van der Waals surface area contributed by atoms with E-state index in [4.69, 9.17) is 33.2 Å². The summed E-state index contributed by atoms with van der Waals surface area (Å²) in [5, 5.41) is 0. The zero-order valence-corrected chi connectivity index (χ0v) is 18.1. The summed E-state index contributed by atoms with van der Waals surface area (Å²) in [6.45, 7) is 7.75. The van der Waals surface area contributed by atoms with Crippen molar-refractivity contribution in [1.82, 2.24) is 0 Å². The molecule has 0 radical (unpaired) electrons. The Morgan fingerprint density at radius 3 is 1.93 bits per heavy atom. The zero-order chi connectivity index (χ0) is 20.8. The molecule has 0 saturated carbocycles. The van der Waals surface area contributed by atoms with E-state index in [-0.39, 0.29) is 12.3 Å². The Bertz CT molecular complexity index is 361. The fraction of sp³-hybridized carbons (Fsp3) is 0.952. The summed E-state index contributed by atoms with van der Waals surface area (Å²) >= 11 is 0. The highest BCUT2D eigenvalue weighted by Crippen LogP contribution is 2.13. The van der Waals surface area contributed by atoms with E-state index in [1.54, 1.807) is 0 Å². The molecule has 172 valence electrons. The van der Waals surface area contributed by atoms with Crippen LogP contribution in [0.15, 0.2) is 0 Å². The number of hydrogen-bond acceptors (Lipinski definition) is 8. The van der Waals surface area contributed by atoms with Gasteiger partial charge in [-0.1, -0.05) is 19.8 Å². The molecule has 0 amide bonds. The van der Waals surface area contributed by atoms with Gasteiger partial charge in [-0.25, -0.2) is 0 Å². The van der Waals surface area contributed by atoms with Gasteiger partial charge < -0.3 is 33.2 Å². The lowest BCUT2D eigenvalue weighted by Gasteiger charge is -2.22. The van der Waals surface area contributed by atoms with E-state index < -0.39 is 0 Å². The number of unbranched alkanes of at least 4 members (excludes halogenated alkanes) is 2. The average molecular weight is 421 g/mol. The third-order valence-corrected chi connectivity index (χ3v) is 4.26. The van der Waals surface area contributed by atoms with Gasteiger partial charge in [-0.2, -0.15) is 0 Å². The van der Waals surface area contributed by atoms with Crippen molar-refractivity contribution in [2.24, 2.45) is 0 Å². The van der Waals surface area contributed by atoms with Gasteiger partial charge in [-0.3, -0.25) is 4.79 Å². The van der Waals surface area contributed by atoms with Gasteiger partial charge in [0.25, 0.3) is 0 Å². The van der Waals surface area contributed by atoms with E-state index in [9.17, 15) is 4.79 Å². The van der Waals surface area contributed by atoms with Crippen LogP contribution in [0.5, 0.6) is 0 Å². The zero-order valence-electron chi connectivity index (χ0n) is 18.1. The Morgan fingerprint density at radius 2 is 1.38 bits per heavy atom. The number of hydrogen-bond donors (Lipinski definition) is 0. The first-order chi connectivity index (χ1) is 14.3. The van der Waals surface area contributed by atoms with Gasteiger partial charge in [0.1, 0.15) is 6.61 Å². The SMILES string of the molecule is CCCCCC(=O)OCCOCCOCCOCCOCCOC1CCCCO1. The van der Waals surface area contributed by atoms with Crippen LogP contribution in [0.2, 0.25) is 0 Å². The van der Waals surface area contributed by atoms with Crippen molar-refractivity contribution in [3.05, 3.63) is 0 Å². The molecule has 1 unspecified atom stereocenters. The molecular formula is C21H40O8. The van der Waals surface area contributed by atoms with Crippen LogP contribution in [0.3, 0.4) is 0 Å². The molecule has 0 aliphatic carbocycles. The third-order valence-electron chi connectivity index (χ3n) is 4.26. The minimum absolute atomic E-state index is 0.0599. The molecule has 8 nitrogen and oxygen atoms in total. The summed E-state index contributed by atoms with van der Waals surface area (Å²) < 4.78 is 37.8. The molecule has 0 aromatic carbocycles. The van der Waals surface area contributed by atoms with Gasteiger partial charge >= 0.3 is 5.97 Å². The van der Waals surface area contributed by atoms with Crippen molar-refractivity contribution in [2.75, 3.05) is 72.7 Å². The van der Waals surface area contributed by atoms with E-state index in [0.29, 0.717) is 72.5 Å². The van der Waals surface area contributed by atoms with E-state index in [1.807, 2.05) is 0 Å². The Kier molecular flexibility index (Phi) is 18.6. The molecule has 1 aliphatic rings. The van der Waals surface area contributed by atoms with Crippen LogP contribution in [0.25, 0.3) is 0 Å². The topological polar surface area (TPSA) is 81.7 Å². The smallest absolute Gasteiger partial charge is 0.305 e. The maximum Gasteiger partial charge on any atom is 0.305 e. The maximum atomic E-state index is 11.4. The van der Waals surface area contributed by atoms with Crippen LogP contribution in [-0.4, -0.2) is 84.9 Å². The minimum Gasteiger partial charge on any atom is -0.463 e. The third kappa shape index (κ3) is 17.8. The summed E-state index contributed by atoms with van der Waals surface area (Å²) in [7, 11) is 0. The number of carbonyl (C=O) groups excluding carboxylic acids is 1. The minimum atomic E-state index is -0.148. The first kappa shape index (κ1) is 26.3. The predicted molar refractivity (Wildman–Crippen MR) is 108 cm³/mol. The Hall–Kier alpha value is -0.770. The summed E-state index contributed by atoms with van der Waals surface area (Å²) in [4.78, 5) is 11.4. The van der Waals surface area contributed by atoms with Gasteiger partial charge in [0.2, 0.25) is 0 Å². The molecule has 1 aliphatic heterocycles. The van der Waals surface area contributed by atoms with Gasteiger partial charge in [-0.15, -0.1) is 0 Å². The molecule has 29 heavy (non-hydrogen) atoms. The highest BCUT2D eigenvalue weighted by molar-refractivity contribution is 5.69. The second-order valence-electron chi connectivity index (χ2n) is 6.79. The number of ether oxygens (including phenoxy) is 7. The standard InChI is InChI=1S/C21H40O8/c1-2-3-4-7-20(22)27-18-16-25-14-12-23-10-11-24-13-15-26-17-19-29-21-8-5-6-9-28-21/h21H,2-19H2,1H3. The van der Waals surface area contributed by atoms with E-state index in [0.717, 1.165) is 38.7 Å². The van der Waals surface area contributed by atoms with Crippen LogP contribution in [0.1, 0.15) is 51.9 Å². The highest BCUT2D eigenvalue weighted by atomic mass is 16.7. The maximum absolute atomic E-state index is 11.4. The van der Waals surface area contributed by atoms with Crippen molar-refractivity contribution in [1.29, 1.82) is 0 Å². The number of carbonyl (C=O) groups is 1. The van der Waals surface area contributed by atoms with Crippen molar-refractivity contribution >= 4 is 5.97 Å². The van der Waals surface area contributed by atoms with Crippen LogP contribution < -0.4 is 0 Å². The van der Waals surface area contributed by atoms with Gasteiger partial charge in [0, 0.05) is 13.0 Å². The van der Waals surface area contributed by atoms with Crippen LogP contribution in [-0.2, 0) is 38.0 Å². The fourth-order valence-electron chi connectivity index (χ4n) is 2.65. The molecule has 0 spiro atoms. The molecule has 1 rings (SSSR count). The predicted octanol–water partition coefficient (Wildman–Crippen LogP) is 2.72. The molecule has 0 bridgehead atoms. The first-order valence-electron chi connectivity index (χ1n) is 11.0. The Balaban J connectivity index is 1.68. The summed E-state index contributed by atoms with van der Waals surface area (Å²) in [5.74, 6) is -0.148. The average Bonchev–Trinajstić information content (AvgIpc) is 2.74. The van der Waals surface area contributed by atoms with Crippen LogP contribution in [0, 0.1) is 0 Å². The van der Waals surface area contributed by atoms with Crippen molar-refractivity contribution in [3.63, 3.8) is 0 Å². The second-order valence-corrected chi connectivity index (χ2v) is 6.79. The first-order valence-corrected chi connectivity index (χ1v) is 11.0. The molecule has 0 aromatic heterocycles. The molecule has 0 N–H and O–H groups in total. The summed E-state index contributed by atoms with van der Waals surface area (Å²) in [6, 6.07) is 0. The molecule has 1 atom stereocenters. The summed E-state index contributed by atoms with van der Waals surface area (Å²) in [5.41, 5.74) is 0. The molecule has 1 heterocycles. The summed E-state index contributed by atoms with van der Waals surface area (Å²) in [6.07, 6.45) is 6.75. The number of rotatable bonds is 20. The Morgan fingerprint density at radius 1 is 0.793 bits per heavy atom. The molecule has 1 fully saturated rings. The largest absolute Gasteiger partial charge is 0.463 e. The normalized spacial score (nSPS) is 16.8. The lowest BCUT2D eigenvalue weighted by atomic mass is 10.2. The van der Waals surface area contributed by atoms with E-state index >= 15 is 0 Å². The lowest BCUT2D eigenvalue weighted by Crippen LogP contribution is -2.24. The van der Waals surface area contributed by atoms with Crippen LogP contribution in [0.4, 0.5) is 0 Å².